The molecule has 1 aliphatic rings. The van der Waals surface area contributed by atoms with Crippen molar-refractivity contribution in [2.24, 2.45) is 10.9 Å². The molecule has 0 aliphatic heterocycles. The van der Waals surface area contributed by atoms with Crippen molar-refractivity contribution in [2.75, 3.05) is 14.2 Å². The van der Waals surface area contributed by atoms with Crippen LogP contribution in [0.4, 0.5) is 0 Å². The van der Waals surface area contributed by atoms with Gasteiger partial charge in [0.25, 0.3) is 0 Å². The van der Waals surface area contributed by atoms with Crippen molar-refractivity contribution in [3.8, 4) is 5.75 Å². The van der Waals surface area contributed by atoms with E-state index in [2.05, 4.69) is 36.9 Å². The first kappa shape index (κ1) is 21.5. The molecule has 2 rings (SSSR count). The summed E-state index contributed by atoms with van der Waals surface area (Å²) in [7, 11) is 3.43. The molecule has 1 aliphatic carbocycles. The summed E-state index contributed by atoms with van der Waals surface area (Å²) in [6, 6.07) is 6.36. The Labute approximate surface area is 170 Å². The van der Waals surface area contributed by atoms with Gasteiger partial charge in [0.15, 0.2) is 5.96 Å². The van der Waals surface area contributed by atoms with Gasteiger partial charge in [-0.3, -0.25) is 9.79 Å². The van der Waals surface area contributed by atoms with Gasteiger partial charge in [-0.1, -0.05) is 22.4 Å². The molecule has 2 atom stereocenters. The highest BCUT2D eigenvalue weighted by Crippen LogP contribution is 2.25. The zero-order chi connectivity index (χ0) is 19.8. The SMILES string of the molecule is CN=C(NCc1cc(Br)ccc1OC)NC1CCCC(C(=O)NC(C)C)C1. The van der Waals surface area contributed by atoms with Crippen LogP contribution in [0.15, 0.2) is 27.7 Å². The standard InChI is InChI=1S/C20H31BrN4O2/c1-13(2)24-19(26)14-6-5-7-17(11-14)25-20(22-3)23-12-15-10-16(21)8-9-18(15)27-4/h8-10,13-14,17H,5-7,11-12H2,1-4H3,(H,24,26)(H2,22,23,25). The molecule has 1 amide bonds. The Morgan fingerprint density at radius 3 is 2.81 bits per heavy atom. The molecular formula is C20H31BrN4O2. The number of halogens is 1. The number of carbonyl (C=O) groups is 1. The van der Waals surface area contributed by atoms with E-state index in [-0.39, 0.29) is 23.9 Å². The van der Waals surface area contributed by atoms with Crippen LogP contribution in [-0.4, -0.2) is 38.1 Å². The fourth-order valence-electron chi connectivity index (χ4n) is 3.41. The van der Waals surface area contributed by atoms with Gasteiger partial charge in [0.2, 0.25) is 5.91 Å². The maximum absolute atomic E-state index is 12.3. The Morgan fingerprint density at radius 2 is 2.15 bits per heavy atom. The van der Waals surface area contributed by atoms with E-state index in [1.807, 2.05) is 32.0 Å². The van der Waals surface area contributed by atoms with Gasteiger partial charge in [-0.05, 0) is 51.3 Å². The largest absolute Gasteiger partial charge is 0.496 e. The fraction of sp³-hybridized carbons (Fsp3) is 0.600. The molecule has 3 N–H and O–H groups in total. The van der Waals surface area contributed by atoms with E-state index in [9.17, 15) is 4.79 Å². The molecular weight excluding hydrogens is 408 g/mol. The molecule has 0 aromatic heterocycles. The Bertz CT molecular complexity index is 663. The summed E-state index contributed by atoms with van der Waals surface area (Å²) in [6.07, 6.45) is 3.88. The number of aliphatic imine (C=N–C) groups is 1. The van der Waals surface area contributed by atoms with E-state index in [4.69, 9.17) is 4.74 Å². The fourth-order valence-corrected chi connectivity index (χ4v) is 3.82. The Morgan fingerprint density at radius 1 is 1.37 bits per heavy atom. The van der Waals surface area contributed by atoms with Crippen LogP contribution in [0.25, 0.3) is 0 Å². The summed E-state index contributed by atoms with van der Waals surface area (Å²) in [5.74, 6) is 1.82. The molecule has 0 bridgehead atoms. The monoisotopic (exact) mass is 438 g/mol. The lowest BCUT2D eigenvalue weighted by Gasteiger charge is -2.30. The highest BCUT2D eigenvalue weighted by molar-refractivity contribution is 9.10. The van der Waals surface area contributed by atoms with Gasteiger partial charge in [0.05, 0.1) is 7.11 Å². The average molecular weight is 439 g/mol. The second-order valence-corrected chi connectivity index (χ2v) is 8.17. The maximum Gasteiger partial charge on any atom is 0.223 e. The number of methoxy groups -OCH3 is 1. The second-order valence-electron chi connectivity index (χ2n) is 7.25. The molecule has 1 aromatic carbocycles. The molecule has 150 valence electrons. The first-order valence-corrected chi connectivity index (χ1v) is 10.3. The molecule has 1 fully saturated rings. The van der Waals surface area contributed by atoms with Gasteiger partial charge < -0.3 is 20.7 Å². The van der Waals surface area contributed by atoms with Gasteiger partial charge in [0.1, 0.15) is 5.75 Å². The third kappa shape index (κ3) is 6.72. The molecule has 0 heterocycles. The van der Waals surface area contributed by atoms with Crippen LogP contribution in [0.3, 0.4) is 0 Å². The van der Waals surface area contributed by atoms with E-state index in [0.717, 1.165) is 47.4 Å². The number of nitrogens with one attached hydrogen (secondary N) is 3. The van der Waals surface area contributed by atoms with Crippen LogP contribution in [-0.2, 0) is 11.3 Å². The molecule has 6 nitrogen and oxygen atoms in total. The van der Waals surface area contributed by atoms with Crippen LogP contribution in [0.2, 0.25) is 0 Å². The lowest BCUT2D eigenvalue weighted by molar-refractivity contribution is -0.126. The molecule has 7 heteroatoms. The van der Waals surface area contributed by atoms with Crippen molar-refractivity contribution in [1.82, 2.24) is 16.0 Å². The van der Waals surface area contributed by atoms with Crippen molar-refractivity contribution >= 4 is 27.8 Å². The van der Waals surface area contributed by atoms with Crippen LogP contribution in [0.1, 0.15) is 45.1 Å². The van der Waals surface area contributed by atoms with Crippen LogP contribution >= 0.6 is 15.9 Å². The molecule has 2 unspecified atom stereocenters. The summed E-state index contributed by atoms with van der Waals surface area (Å²) in [6.45, 7) is 4.60. The average Bonchev–Trinajstić information content (AvgIpc) is 2.65. The summed E-state index contributed by atoms with van der Waals surface area (Å²) in [4.78, 5) is 16.7. The quantitative estimate of drug-likeness (QED) is 0.470. The van der Waals surface area contributed by atoms with Crippen molar-refractivity contribution in [3.63, 3.8) is 0 Å². The van der Waals surface area contributed by atoms with Crippen molar-refractivity contribution < 1.29 is 9.53 Å². The number of benzene rings is 1. The number of hydrogen-bond acceptors (Lipinski definition) is 3. The Balaban J connectivity index is 1.91. The minimum absolute atomic E-state index is 0.0712. The first-order chi connectivity index (χ1) is 12.9. The van der Waals surface area contributed by atoms with Gasteiger partial charge in [-0.2, -0.15) is 0 Å². The first-order valence-electron chi connectivity index (χ1n) is 9.53. The predicted molar refractivity (Wildman–Crippen MR) is 113 cm³/mol. The third-order valence-electron chi connectivity index (χ3n) is 4.73. The molecule has 1 saturated carbocycles. The molecule has 0 radical (unpaired) electrons. The summed E-state index contributed by atoms with van der Waals surface area (Å²) < 4.78 is 6.43. The summed E-state index contributed by atoms with van der Waals surface area (Å²) >= 11 is 3.50. The third-order valence-corrected chi connectivity index (χ3v) is 5.22. The number of nitrogens with zero attached hydrogens (tertiary/aromatic N) is 1. The van der Waals surface area contributed by atoms with Gasteiger partial charge in [0, 0.05) is 41.6 Å². The van der Waals surface area contributed by atoms with E-state index in [1.54, 1.807) is 14.2 Å². The van der Waals surface area contributed by atoms with Crippen LogP contribution in [0.5, 0.6) is 5.75 Å². The smallest absolute Gasteiger partial charge is 0.223 e. The number of carbonyl (C=O) groups excluding carboxylic acids is 1. The van der Waals surface area contributed by atoms with E-state index < -0.39 is 0 Å². The number of rotatable bonds is 6. The van der Waals surface area contributed by atoms with Crippen LogP contribution < -0.4 is 20.7 Å². The zero-order valence-corrected chi connectivity index (χ0v) is 18.2. The second kappa shape index (κ2) is 10.5. The lowest BCUT2D eigenvalue weighted by Crippen LogP contribution is -2.47. The topological polar surface area (TPSA) is 74.8 Å². The number of hydrogen-bond donors (Lipinski definition) is 3. The maximum atomic E-state index is 12.3. The van der Waals surface area contributed by atoms with E-state index >= 15 is 0 Å². The van der Waals surface area contributed by atoms with Crippen molar-refractivity contribution in [2.45, 2.75) is 58.2 Å². The minimum Gasteiger partial charge on any atom is -0.496 e. The minimum atomic E-state index is 0.0712. The van der Waals surface area contributed by atoms with Gasteiger partial charge in [-0.25, -0.2) is 0 Å². The van der Waals surface area contributed by atoms with Gasteiger partial charge >= 0.3 is 0 Å². The number of guanidine groups is 1. The molecule has 0 spiro atoms. The highest BCUT2D eigenvalue weighted by Gasteiger charge is 2.28. The van der Waals surface area contributed by atoms with E-state index in [1.165, 1.54) is 0 Å². The summed E-state index contributed by atoms with van der Waals surface area (Å²) in [5, 5.41) is 9.86. The highest BCUT2D eigenvalue weighted by atomic mass is 79.9. The van der Waals surface area contributed by atoms with Crippen molar-refractivity contribution in [1.29, 1.82) is 0 Å². The van der Waals surface area contributed by atoms with Crippen molar-refractivity contribution in [3.05, 3.63) is 28.2 Å². The zero-order valence-electron chi connectivity index (χ0n) is 16.6. The number of ether oxygens (including phenoxy) is 1. The molecule has 0 saturated heterocycles. The summed E-state index contributed by atoms with van der Waals surface area (Å²) in [5.41, 5.74) is 1.05. The normalized spacial score (nSPS) is 20.3. The van der Waals surface area contributed by atoms with Gasteiger partial charge in [-0.15, -0.1) is 0 Å². The lowest BCUT2D eigenvalue weighted by atomic mass is 9.85. The van der Waals surface area contributed by atoms with E-state index in [0.29, 0.717) is 6.54 Å². The number of amides is 1. The molecule has 1 aromatic rings. The van der Waals surface area contributed by atoms with Crippen LogP contribution in [0, 0.1) is 5.92 Å². The Kier molecular flexibility index (Phi) is 8.41. The predicted octanol–water partition coefficient (Wildman–Crippen LogP) is 3.21. The molecule has 27 heavy (non-hydrogen) atoms. The Hall–Kier alpha value is -1.76.